The molecule has 0 atom stereocenters. The molecule has 0 fully saturated rings. The molecule has 2 aromatic carbocycles. The van der Waals surface area contributed by atoms with Crippen LogP contribution in [0.5, 0.6) is 0 Å². The topological polar surface area (TPSA) is 26.3 Å². The van der Waals surface area contributed by atoms with Crippen molar-refractivity contribution >= 4 is 5.97 Å². The van der Waals surface area contributed by atoms with Crippen LogP contribution in [-0.4, -0.2) is 13.1 Å². The van der Waals surface area contributed by atoms with Crippen molar-refractivity contribution in [1.29, 1.82) is 0 Å². The molecule has 2 aliphatic carbocycles. The van der Waals surface area contributed by atoms with Crippen LogP contribution >= 0.6 is 0 Å². The Morgan fingerprint density at radius 2 is 1.70 bits per heavy atom. The van der Waals surface area contributed by atoms with E-state index in [-0.39, 0.29) is 5.97 Å². The Hall–Kier alpha value is -2.09. The van der Waals surface area contributed by atoms with Gasteiger partial charge >= 0.3 is 5.97 Å². The maximum Gasteiger partial charge on any atom is 0.338 e. The van der Waals surface area contributed by atoms with E-state index in [1.54, 1.807) is 11.1 Å². The highest BCUT2D eigenvalue weighted by molar-refractivity contribution is 5.91. The zero-order valence-electron chi connectivity index (χ0n) is 13.6. The van der Waals surface area contributed by atoms with E-state index in [1.165, 1.54) is 37.5 Å². The molecule has 0 unspecified atom stereocenters. The van der Waals surface area contributed by atoms with Crippen LogP contribution in [0, 0.1) is 5.92 Å². The van der Waals surface area contributed by atoms with Gasteiger partial charge in [-0.15, -0.1) is 0 Å². The number of esters is 1. The summed E-state index contributed by atoms with van der Waals surface area (Å²) in [5.74, 6) is 0.369. The molecule has 2 nitrogen and oxygen atoms in total. The molecule has 0 aromatic heterocycles. The molecule has 0 radical (unpaired) electrons. The zero-order chi connectivity index (χ0) is 15.8. The summed E-state index contributed by atoms with van der Waals surface area (Å²) in [5, 5.41) is 0. The Morgan fingerprint density at radius 3 is 2.35 bits per heavy atom. The van der Waals surface area contributed by atoms with E-state index in [2.05, 4.69) is 18.2 Å². The Morgan fingerprint density at radius 1 is 1.04 bits per heavy atom. The minimum Gasteiger partial charge on any atom is -0.465 e. The van der Waals surface area contributed by atoms with Crippen LogP contribution in [0.15, 0.2) is 36.4 Å². The van der Waals surface area contributed by atoms with Gasteiger partial charge in [0, 0.05) is 0 Å². The average molecular weight is 306 g/mol. The largest absolute Gasteiger partial charge is 0.465 e. The number of fused-ring (bicyclic) bond motifs is 2. The molecule has 0 spiro atoms. The minimum atomic E-state index is -0.227. The highest BCUT2D eigenvalue weighted by atomic mass is 16.5. The number of aryl methyl sites for hydroxylation is 2. The van der Waals surface area contributed by atoms with Gasteiger partial charge in [-0.1, -0.05) is 30.3 Å². The molecule has 0 N–H and O–H groups in total. The number of benzene rings is 2. The lowest BCUT2D eigenvalue weighted by atomic mass is 9.93. The highest BCUT2D eigenvalue weighted by Gasteiger charge is 2.25. The average Bonchev–Trinajstić information content (AvgIpc) is 3.17. The number of methoxy groups -OCH3 is 1. The zero-order valence-corrected chi connectivity index (χ0v) is 13.6. The number of hydrogen-bond acceptors (Lipinski definition) is 2. The first-order valence-electron chi connectivity index (χ1n) is 8.54. The number of carbonyl (C=O) groups excluding carboxylic acids is 1. The molecule has 2 heteroatoms. The van der Waals surface area contributed by atoms with E-state index in [1.807, 2.05) is 18.2 Å². The second kappa shape index (κ2) is 5.84. The molecular formula is C21H22O2. The fourth-order valence-corrected chi connectivity index (χ4v) is 4.26. The van der Waals surface area contributed by atoms with Crippen molar-refractivity contribution in [2.75, 3.05) is 7.11 Å². The Bertz CT molecular complexity index is 727. The van der Waals surface area contributed by atoms with E-state index in [0.29, 0.717) is 11.5 Å². The van der Waals surface area contributed by atoms with E-state index in [9.17, 15) is 4.79 Å². The number of hydrogen-bond donors (Lipinski definition) is 0. The van der Waals surface area contributed by atoms with Crippen molar-refractivity contribution in [2.24, 2.45) is 5.92 Å². The highest BCUT2D eigenvalue weighted by Crippen LogP contribution is 2.34. The van der Waals surface area contributed by atoms with E-state index >= 15 is 0 Å². The van der Waals surface area contributed by atoms with Gasteiger partial charge in [0.25, 0.3) is 0 Å². The molecule has 4 rings (SSSR count). The summed E-state index contributed by atoms with van der Waals surface area (Å²) in [4.78, 5) is 11.9. The summed E-state index contributed by atoms with van der Waals surface area (Å²) in [6.45, 7) is 0. The molecule has 0 amide bonds. The van der Waals surface area contributed by atoms with Gasteiger partial charge in [0.15, 0.2) is 0 Å². The number of ether oxygens (including phenoxy) is 1. The first kappa shape index (κ1) is 14.5. The standard InChI is InChI=1S/C21H22O2/c1-23-21(22)20-8-3-2-5-17(20)9-14-10-18-12-15-6-4-7-16(15)13-19(18)11-14/h2-3,5,8,12-14H,4,6-7,9-11H2,1H3. The van der Waals surface area contributed by atoms with Gasteiger partial charge in [0.05, 0.1) is 12.7 Å². The van der Waals surface area contributed by atoms with Crippen LogP contribution < -0.4 is 0 Å². The van der Waals surface area contributed by atoms with E-state index in [0.717, 1.165) is 24.8 Å². The Balaban J connectivity index is 1.55. The number of rotatable bonds is 3. The lowest BCUT2D eigenvalue weighted by Gasteiger charge is -2.12. The third-order valence-corrected chi connectivity index (χ3v) is 5.36. The van der Waals surface area contributed by atoms with Crippen molar-refractivity contribution in [2.45, 2.75) is 38.5 Å². The molecule has 118 valence electrons. The maximum absolute atomic E-state index is 11.9. The number of carbonyl (C=O) groups is 1. The monoisotopic (exact) mass is 306 g/mol. The summed E-state index contributed by atoms with van der Waals surface area (Å²) in [7, 11) is 1.45. The molecule has 23 heavy (non-hydrogen) atoms. The molecular weight excluding hydrogens is 284 g/mol. The summed E-state index contributed by atoms with van der Waals surface area (Å²) in [6, 6.07) is 12.8. The Labute approximate surface area is 137 Å². The Kier molecular flexibility index (Phi) is 3.68. The maximum atomic E-state index is 11.9. The third kappa shape index (κ3) is 2.67. The van der Waals surface area contributed by atoms with Gasteiger partial charge in [-0.2, -0.15) is 0 Å². The SMILES string of the molecule is COC(=O)c1ccccc1CC1Cc2cc3c(cc2C1)CCC3. The van der Waals surface area contributed by atoms with Gasteiger partial charge in [-0.3, -0.25) is 0 Å². The van der Waals surface area contributed by atoms with Crippen molar-refractivity contribution in [3.63, 3.8) is 0 Å². The molecule has 0 heterocycles. The van der Waals surface area contributed by atoms with Crippen LogP contribution in [-0.2, 0) is 36.8 Å². The van der Waals surface area contributed by atoms with Crippen LogP contribution in [0.25, 0.3) is 0 Å². The van der Waals surface area contributed by atoms with Gasteiger partial charge < -0.3 is 4.74 Å². The van der Waals surface area contributed by atoms with Crippen LogP contribution in [0.2, 0.25) is 0 Å². The van der Waals surface area contributed by atoms with Crippen molar-refractivity contribution in [3.8, 4) is 0 Å². The lowest BCUT2D eigenvalue weighted by molar-refractivity contribution is 0.0599. The summed E-state index contributed by atoms with van der Waals surface area (Å²) in [6.07, 6.45) is 7.03. The van der Waals surface area contributed by atoms with Crippen molar-refractivity contribution in [1.82, 2.24) is 0 Å². The fourth-order valence-electron chi connectivity index (χ4n) is 4.26. The van der Waals surface area contributed by atoms with E-state index in [4.69, 9.17) is 4.74 Å². The molecule has 0 aliphatic heterocycles. The summed E-state index contributed by atoms with van der Waals surface area (Å²) in [5.41, 5.74) is 8.04. The van der Waals surface area contributed by atoms with E-state index < -0.39 is 0 Å². The van der Waals surface area contributed by atoms with Gasteiger partial charge in [0.1, 0.15) is 0 Å². The van der Waals surface area contributed by atoms with Gasteiger partial charge in [-0.05, 0) is 78.3 Å². The minimum absolute atomic E-state index is 0.227. The normalized spacial score (nSPS) is 16.2. The smallest absolute Gasteiger partial charge is 0.338 e. The van der Waals surface area contributed by atoms with Crippen molar-refractivity contribution in [3.05, 3.63) is 69.8 Å². The first-order chi connectivity index (χ1) is 11.2. The van der Waals surface area contributed by atoms with Gasteiger partial charge in [0.2, 0.25) is 0 Å². The second-order valence-electron chi connectivity index (χ2n) is 6.87. The van der Waals surface area contributed by atoms with Crippen LogP contribution in [0.4, 0.5) is 0 Å². The van der Waals surface area contributed by atoms with Gasteiger partial charge in [-0.25, -0.2) is 4.79 Å². The van der Waals surface area contributed by atoms with Crippen LogP contribution in [0.3, 0.4) is 0 Å². The summed E-state index contributed by atoms with van der Waals surface area (Å²) < 4.78 is 4.92. The first-order valence-corrected chi connectivity index (χ1v) is 8.54. The third-order valence-electron chi connectivity index (χ3n) is 5.36. The molecule has 2 aliphatic rings. The summed E-state index contributed by atoms with van der Waals surface area (Å²) >= 11 is 0. The molecule has 0 saturated heterocycles. The molecule has 0 saturated carbocycles. The quantitative estimate of drug-likeness (QED) is 0.803. The molecule has 0 bridgehead atoms. The predicted octanol–water partition coefficient (Wildman–Crippen LogP) is 3.92. The lowest BCUT2D eigenvalue weighted by Crippen LogP contribution is -2.10. The van der Waals surface area contributed by atoms with Crippen LogP contribution in [0.1, 0.15) is 44.6 Å². The predicted molar refractivity (Wildman–Crippen MR) is 90.9 cm³/mol. The molecule has 2 aromatic rings. The van der Waals surface area contributed by atoms with Crippen molar-refractivity contribution < 1.29 is 9.53 Å². The fraction of sp³-hybridized carbons (Fsp3) is 0.381. The second-order valence-corrected chi connectivity index (χ2v) is 6.87.